The summed E-state index contributed by atoms with van der Waals surface area (Å²) >= 11 is 0. The lowest BCUT2D eigenvalue weighted by Crippen LogP contribution is -2.39. The molecule has 0 fully saturated rings. The van der Waals surface area contributed by atoms with Gasteiger partial charge in [-0.2, -0.15) is 0 Å². The van der Waals surface area contributed by atoms with Gasteiger partial charge in [0.15, 0.2) is 0 Å². The molecule has 0 spiro atoms. The quantitative estimate of drug-likeness (QED) is 0.864. The second kappa shape index (κ2) is 5.65. The first-order chi connectivity index (χ1) is 8.76. The highest BCUT2D eigenvalue weighted by Crippen LogP contribution is 2.18. The third-order valence-corrected chi connectivity index (χ3v) is 3.15. The molecule has 0 aliphatic rings. The van der Waals surface area contributed by atoms with Crippen LogP contribution in [0.5, 0.6) is 0 Å². The zero-order valence-corrected chi connectivity index (χ0v) is 10.5. The van der Waals surface area contributed by atoms with Crippen LogP contribution in [0, 0.1) is 0 Å². The second-order valence-corrected chi connectivity index (χ2v) is 4.34. The fraction of sp³-hybridized carbons (Fsp3) is 0.267. The molecule has 2 aromatic rings. The van der Waals surface area contributed by atoms with Crippen LogP contribution in [0.1, 0.15) is 23.7 Å². The largest absolute Gasteiger partial charge is 0.348 e. The minimum Gasteiger partial charge on any atom is -0.348 e. The summed E-state index contributed by atoms with van der Waals surface area (Å²) in [4.78, 5) is 12.2. The molecule has 3 N–H and O–H groups in total. The summed E-state index contributed by atoms with van der Waals surface area (Å²) in [5.41, 5.74) is 6.32. The van der Waals surface area contributed by atoms with Gasteiger partial charge in [-0.1, -0.05) is 43.3 Å². The number of carbonyl (C=O) groups is 1. The summed E-state index contributed by atoms with van der Waals surface area (Å²) in [6.45, 7) is 2.48. The van der Waals surface area contributed by atoms with Crippen molar-refractivity contribution in [2.24, 2.45) is 5.73 Å². The van der Waals surface area contributed by atoms with E-state index in [1.807, 2.05) is 49.4 Å². The molecule has 1 amide bonds. The van der Waals surface area contributed by atoms with Gasteiger partial charge in [0.25, 0.3) is 5.91 Å². The number of benzene rings is 2. The molecule has 0 aromatic heterocycles. The molecule has 3 nitrogen and oxygen atoms in total. The monoisotopic (exact) mass is 242 g/mol. The highest BCUT2D eigenvalue weighted by molar-refractivity contribution is 6.07. The molecule has 1 atom stereocenters. The SMILES string of the molecule is CCC(CN)NC(=O)c1cccc2ccccc12. The summed E-state index contributed by atoms with van der Waals surface area (Å²) in [7, 11) is 0. The van der Waals surface area contributed by atoms with Gasteiger partial charge in [-0.25, -0.2) is 0 Å². The fourth-order valence-corrected chi connectivity index (χ4v) is 2.01. The van der Waals surface area contributed by atoms with Crippen LogP contribution in [0.4, 0.5) is 0 Å². The summed E-state index contributed by atoms with van der Waals surface area (Å²) in [6.07, 6.45) is 0.840. The van der Waals surface area contributed by atoms with Gasteiger partial charge in [-0.3, -0.25) is 4.79 Å². The van der Waals surface area contributed by atoms with Crippen molar-refractivity contribution in [3.8, 4) is 0 Å². The summed E-state index contributed by atoms with van der Waals surface area (Å²) in [6, 6.07) is 13.7. The van der Waals surface area contributed by atoms with E-state index in [2.05, 4.69) is 5.32 Å². The lowest BCUT2D eigenvalue weighted by atomic mass is 10.0. The summed E-state index contributed by atoms with van der Waals surface area (Å²) in [5, 5.41) is 5.01. The Balaban J connectivity index is 2.33. The lowest BCUT2D eigenvalue weighted by Gasteiger charge is -2.15. The molecule has 0 bridgehead atoms. The standard InChI is InChI=1S/C15H18N2O/c1-2-12(10-16)17-15(18)14-9-5-7-11-6-3-4-8-13(11)14/h3-9,12H,2,10,16H2,1H3,(H,17,18). The normalized spacial score (nSPS) is 12.3. The predicted octanol–water partition coefficient (Wildman–Crippen LogP) is 2.31. The van der Waals surface area contributed by atoms with E-state index in [0.717, 1.165) is 17.2 Å². The van der Waals surface area contributed by atoms with Crippen LogP contribution < -0.4 is 11.1 Å². The van der Waals surface area contributed by atoms with Crippen molar-refractivity contribution < 1.29 is 4.79 Å². The summed E-state index contributed by atoms with van der Waals surface area (Å²) < 4.78 is 0. The average Bonchev–Trinajstić information content (AvgIpc) is 2.43. The second-order valence-electron chi connectivity index (χ2n) is 4.34. The molecule has 0 aliphatic carbocycles. The third-order valence-electron chi connectivity index (χ3n) is 3.15. The molecule has 94 valence electrons. The van der Waals surface area contributed by atoms with E-state index in [0.29, 0.717) is 12.1 Å². The van der Waals surface area contributed by atoms with E-state index < -0.39 is 0 Å². The molecule has 0 aliphatic heterocycles. The molecular formula is C15H18N2O. The molecule has 0 saturated heterocycles. The molecule has 0 saturated carbocycles. The van der Waals surface area contributed by atoms with E-state index in [9.17, 15) is 4.79 Å². The van der Waals surface area contributed by atoms with Crippen molar-refractivity contribution in [3.05, 3.63) is 48.0 Å². The molecule has 2 rings (SSSR count). The van der Waals surface area contributed by atoms with Crippen LogP contribution >= 0.6 is 0 Å². The molecule has 2 aromatic carbocycles. The zero-order chi connectivity index (χ0) is 13.0. The fourth-order valence-electron chi connectivity index (χ4n) is 2.01. The van der Waals surface area contributed by atoms with Crippen molar-refractivity contribution in [2.45, 2.75) is 19.4 Å². The van der Waals surface area contributed by atoms with E-state index in [-0.39, 0.29) is 11.9 Å². The van der Waals surface area contributed by atoms with Crippen LogP contribution in [0.15, 0.2) is 42.5 Å². The van der Waals surface area contributed by atoms with Gasteiger partial charge in [0.2, 0.25) is 0 Å². The highest BCUT2D eigenvalue weighted by Gasteiger charge is 2.12. The maximum atomic E-state index is 12.2. The Kier molecular flexibility index (Phi) is 3.95. The lowest BCUT2D eigenvalue weighted by molar-refractivity contribution is 0.0939. The molecule has 0 radical (unpaired) electrons. The number of hydrogen-bond acceptors (Lipinski definition) is 2. The van der Waals surface area contributed by atoms with Gasteiger partial charge in [0.05, 0.1) is 0 Å². The Morgan fingerprint density at radius 2 is 1.94 bits per heavy atom. The Morgan fingerprint density at radius 3 is 2.67 bits per heavy atom. The minimum atomic E-state index is -0.0518. The number of amides is 1. The van der Waals surface area contributed by atoms with Crippen molar-refractivity contribution >= 4 is 16.7 Å². The maximum absolute atomic E-state index is 12.2. The number of nitrogens with one attached hydrogen (secondary N) is 1. The Hall–Kier alpha value is -1.87. The topological polar surface area (TPSA) is 55.1 Å². The smallest absolute Gasteiger partial charge is 0.252 e. The Morgan fingerprint density at radius 1 is 1.22 bits per heavy atom. The Bertz CT molecular complexity index is 542. The van der Waals surface area contributed by atoms with Crippen molar-refractivity contribution in [3.63, 3.8) is 0 Å². The maximum Gasteiger partial charge on any atom is 0.252 e. The van der Waals surface area contributed by atoms with Gasteiger partial charge in [-0.15, -0.1) is 0 Å². The molecule has 0 heterocycles. The minimum absolute atomic E-state index is 0.0384. The van der Waals surface area contributed by atoms with Crippen molar-refractivity contribution in [2.75, 3.05) is 6.54 Å². The van der Waals surface area contributed by atoms with Gasteiger partial charge < -0.3 is 11.1 Å². The highest BCUT2D eigenvalue weighted by atomic mass is 16.1. The van der Waals surface area contributed by atoms with Crippen molar-refractivity contribution in [1.82, 2.24) is 5.32 Å². The molecule has 18 heavy (non-hydrogen) atoms. The number of rotatable bonds is 4. The number of hydrogen-bond donors (Lipinski definition) is 2. The van der Waals surface area contributed by atoms with Crippen LogP contribution in [0.2, 0.25) is 0 Å². The van der Waals surface area contributed by atoms with Gasteiger partial charge >= 0.3 is 0 Å². The molecule has 3 heteroatoms. The average molecular weight is 242 g/mol. The first-order valence-corrected chi connectivity index (χ1v) is 6.25. The van der Waals surface area contributed by atoms with Gasteiger partial charge in [0.1, 0.15) is 0 Å². The third kappa shape index (κ3) is 2.51. The van der Waals surface area contributed by atoms with Crippen LogP contribution in [-0.2, 0) is 0 Å². The van der Waals surface area contributed by atoms with Crippen LogP contribution in [-0.4, -0.2) is 18.5 Å². The molecular weight excluding hydrogens is 224 g/mol. The van der Waals surface area contributed by atoms with Crippen LogP contribution in [0.3, 0.4) is 0 Å². The Labute approximate surface area is 107 Å². The van der Waals surface area contributed by atoms with E-state index in [1.165, 1.54) is 0 Å². The number of carbonyl (C=O) groups excluding carboxylic acids is 1. The van der Waals surface area contributed by atoms with Gasteiger partial charge in [-0.05, 0) is 23.3 Å². The van der Waals surface area contributed by atoms with Crippen LogP contribution in [0.25, 0.3) is 10.8 Å². The number of nitrogens with two attached hydrogens (primary N) is 1. The van der Waals surface area contributed by atoms with E-state index >= 15 is 0 Å². The predicted molar refractivity (Wildman–Crippen MR) is 74.5 cm³/mol. The summed E-state index contributed by atoms with van der Waals surface area (Å²) in [5.74, 6) is -0.0518. The first kappa shape index (κ1) is 12.6. The van der Waals surface area contributed by atoms with E-state index in [1.54, 1.807) is 0 Å². The van der Waals surface area contributed by atoms with Gasteiger partial charge in [0, 0.05) is 18.2 Å². The zero-order valence-electron chi connectivity index (χ0n) is 10.5. The first-order valence-electron chi connectivity index (χ1n) is 6.25. The van der Waals surface area contributed by atoms with Crippen molar-refractivity contribution in [1.29, 1.82) is 0 Å². The van der Waals surface area contributed by atoms with E-state index in [4.69, 9.17) is 5.73 Å². The number of fused-ring (bicyclic) bond motifs is 1. The molecule has 1 unspecified atom stereocenters.